The Labute approximate surface area is 116 Å². The molecule has 1 saturated carbocycles. The molecule has 108 valence electrons. The van der Waals surface area contributed by atoms with Gasteiger partial charge in [-0.2, -0.15) is 0 Å². The highest BCUT2D eigenvalue weighted by molar-refractivity contribution is 5.83. The van der Waals surface area contributed by atoms with E-state index in [1.807, 2.05) is 0 Å². The van der Waals surface area contributed by atoms with Crippen molar-refractivity contribution in [2.45, 2.75) is 45.1 Å². The van der Waals surface area contributed by atoms with Gasteiger partial charge in [-0.15, -0.1) is 0 Å². The molecule has 0 aromatic carbocycles. The minimum absolute atomic E-state index is 0.0625. The number of hydrogen-bond donors (Lipinski definition) is 1. The number of nitrogens with zero attached hydrogens (tertiary/aromatic N) is 2. The smallest absolute Gasteiger partial charge is 0.228 e. The number of hydrogen-bond acceptors (Lipinski definition) is 3. The second-order valence-electron chi connectivity index (χ2n) is 6.44. The van der Waals surface area contributed by atoms with Crippen LogP contribution in [0, 0.1) is 5.41 Å². The van der Waals surface area contributed by atoms with Crippen LogP contribution in [-0.4, -0.2) is 61.0 Å². The highest BCUT2D eigenvalue weighted by atomic mass is 16.2. The first kappa shape index (κ1) is 13.4. The molecule has 3 aliphatic rings. The van der Waals surface area contributed by atoms with Crippen molar-refractivity contribution in [2.24, 2.45) is 5.41 Å². The molecule has 2 heterocycles. The first-order valence-electron chi connectivity index (χ1n) is 7.99. The van der Waals surface area contributed by atoms with Gasteiger partial charge in [0.05, 0.1) is 5.41 Å². The summed E-state index contributed by atoms with van der Waals surface area (Å²) in [6.07, 6.45) is 5.78. The standard InChI is InChI=1S/C15H27N3O/c1-2-15(5-7-16-8-6-15)14(19)18-11-9-17(10-12-18)13-3-4-13/h13,16H,2-12H2,1H3. The minimum Gasteiger partial charge on any atom is -0.340 e. The van der Waals surface area contributed by atoms with E-state index in [0.29, 0.717) is 5.91 Å². The summed E-state index contributed by atoms with van der Waals surface area (Å²) in [5, 5.41) is 3.38. The third kappa shape index (κ3) is 2.65. The van der Waals surface area contributed by atoms with Crippen molar-refractivity contribution in [3.63, 3.8) is 0 Å². The summed E-state index contributed by atoms with van der Waals surface area (Å²) in [6, 6.07) is 0.844. The Hall–Kier alpha value is -0.610. The monoisotopic (exact) mass is 265 g/mol. The lowest BCUT2D eigenvalue weighted by Crippen LogP contribution is -2.55. The van der Waals surface area contributed by atoms with Crippen molar-refractivity contribution < 1.29 is 4.79 Å². The van der Waals surface area contributed by atoms with Gasteiger partial charge in [0.25, 0.3) is 0 Å². The predicted molar refractivity (Wildman–Crippen MR) is 76.0 cm³/mol. The summed E-state index contributed by atoms with van der Waals surface area (Å²) in [5.41, 5.74) is -0.0625. The van der Waals surface area contributed by atoms with E-state index in [9.17, 15) is 4.79 Å². The van der Waals surface area contributed by atoms with Gasteiger partial charge in [0.15, 0.2) is 0 Å². The van der Waals surface area contributed by atoms with Gasteiger partial charge in [0.1, 0.15) is 0 Å². The van der Waals surface area contributed by atoms with Crippen molar-refractivity contribution >= 4 is 5.91 Å². The molecule has 0 aromatic rings. The van der Waals surface area contributed by atoms with E-state index in [0.717, 1.165) is 64.6 Å². The Morgan fingerprint density at radius 3 is 2.32 bits per heavy atom. The minimum atomic E-state index is -0.0625. The van der Waals surface area contributed by atoms with E-state index in [2.05, 4.69) is 22.0 Å². The van der Waals surface area contributed by atoms with Crippen LogP contribution in [0.3, 0.4) is 0 Å². The quantitative estimate of drug-likeness (QED) is 0.829. The van der Waals surface area contributed by atoms with Gasteiger partial charge in [0.2, 0.25) is 5.91 Å². The largest absolute Gasteiger partial charge is 0.340 e. The molecule has 4 nitrogen and oxygen atoms in total. The molecule has 0 bridgehead atoms. The second kappa shape index (κ2) is 5.41. The van der Waals surface area contributed by atoms with Crippen molar-refractivity contribution in [2.75, 3.05) is 39.3 Å². The van der Waals surface area contributed by atoms with Gasteiger partial charge in [-0.1, -0.05) is 6.92 Å². The number of amides is 1. The van der Waals surface area contributed by atoms with Crippen LogP contribution in [0.4, 0.5) is 0 Å². The Morgan fingerprint density at radius 1 is 1.16 bits per heavy atom. The zero-order valence-corrected chi connectivity index (χ0v) is 12.2. The van der Waals surface area contributed by atoms with Crippen LogP contribution in [0.1, 0.15) is 39.0 Å². The lowest BCUT2D eigenvalue weighted by atomic mass is 9.75. The van der Waals surface area contributed by atoms with E-state index < -0.39 is 0 Å². The van der Waals surface area contributed by atoms with Gasteiger partial charge in [-0.3, -0.25) is 9.69 Å². The molecule has 3 fully saturated rings. The highest BCUT2D eigenvalue weighted by Crippen LogP contribution is 2.35. The number of carbonyl (C=O) groups excluding carboxylic acids is 1. The van der Waals surface area contributed by atoms with Crippen molar-refractivity contribution in [1.29, 1.82) is 0 Å². The van der Waals surface area contributed by atoms with Gasteiger partial charge < -0.3 is 10.2 Å². The number of nitrogens with one attached hydrogen (secondary N) is 1. The van der Waals surface area contributed by atoms with Gasteiger partial charge >= 0.3 is 0 Å². The molecule has 2 saturated heterocycles. The Morgan fingerprint density at radius 2 is 1.79 bits per heavy atom. The second-order valence-corrected chi connectivity index (χ2v) is 6.44. The third-order valence-corrected chi connectivity index (χ3v) is 5.36. The van der Waals surface area contributed by atoms with Crippen LogP contribution in [0.2, 0.25) is 0 Å². The summed E-state index contributed by atoms with van der Waals surface area (Å²) < 4.78 is 0. The Balaban J connectivity index is 1.59. The van der Waals surface area contributed by atoms with Crippen molar-refractivity contribution in [3.05, 3.63) is 0 Å². The average molecular weight is 265 g/mol. The van der Waals surface area contributed by atoms with E-state index in [1.165, 1.54) is 12.8 Å². The first-order valence-corrected chi connectivity index (χ1v) is 7.99. The van der Waals surface area contributed by atoms with Gasteiger partial charge in [0, 0.05) is 32.2 Å². The lowest BCUT2D eigenvalue weighted by molar-refractivity contribution is -0.146. The molecular weight excluding hydrogens is 238 g/mol. The molecular formula is C15H27N3O. The maximum absolute atomic E-state index is 12.9. The van der Waals surface area contributed by atoms with Crippen LogP contribution in [0.15, 0.2) is 0 Å². The van der Waals surface area contributed by atoms with E-state index in [4.69, 9.17) is 0 Å². The van der Waals surface area contributed by atoms with Gasteiger partial charge in [-0.05, 0) is 45.2 Å². The molecule has 4 heteroatoms. The molecule has 3 rings (SSSR count). The predicted octanol–water partition coefficient (Wildman–Crippen LogP) is 1.07. The Kier molecular flexibility index (Phi) is 3.81. The van der Waals surface area contributed by atoms with E-state index in [1.54, 1.807) is 0 Å². The summed E-state index contributed by atoms with van der Waals surface area (Å²) in [7, 11) is 0. The summed E-state index contributed by atoms with van der Waals surface area (Å²) in [5.74, 6) is 0.437. The molecule has 1 aliphatic carbocycles. The zero-order chi connectivity index (χ0) is 13.3. The van der Waals surface area contributed by atoms with Crippen molar-refractivity contribution in [1.82, 2.24) is 15.1 Å². The van der Waals surface area contributed by atoms with Crippen LogP contribution in [-0.2, 0) is 4.79 Å². The molecule has 0 unspecified atom stereocenters. The maximum atomic E-state index is 12.9. The zero-order valence-electron chi connectivity index (χ0n) is 12.2. The van der Waals surface area contributed by atoms with Crippen LogP contribution in [0.25, 0.3) is 0 Å². The third-order valence-electron chi connectivity index (χ3n) is 5.36. The fourth-order valence-corrected chi connectivity index (χ4v) is 3.69. The molecule has 1 amide bonds. The number of carbonyl (C=O) groups is 1. The van der Waals surface area contributed by atoms with Crippen molar-refractivity contribution in [3.8, 4) is 0 Å². The number of rotatable bonds is 3. The van der Waals surface area contributed by atoms with Crippen LogP contribution < -0.4 is 5.32 Å². The van der Waals surface area contributed by atoms with Gasteiger partial charge in [-0.25, -0.2) is 0 Å². The molecule has 0 radical (unpaired) electrons. The average Bonchev–Trinajstić information content (AvgIpc) is 3.32. The summed E-state index contributed by atoms with van der Waals surface area (Å²) in [6.45, 7) is 8.27. The van der Waals surface area contributed by atoms with E-state index in [-0.39, 0.29) is 5.41 Å². The van der Waals surface area contributed by atoms with Crippen LogP contribution >= 0.6 is 0 Å². The molecule has 1 N–H and O–H groups in total. The Bertz CT molecular complexity index is 326. The first-order chi connectivity index (χ1) is 9.25. The topological polar surface area (TPSA) is 35.6 Å². The maximum Gasteiger partial charge on any atom is 0.228 e. The SMILES string of the molecule is CCC1(C(=O)N2CCN(C3CC3)CC2)CCNCC1. The molecule has 0 spiro atoms. The number of piperidine rings is 1. The fourth-order valence-electron chi connectivity index (χ4n) is 3.69. The highest BCUT2D eigenvalue weighted by Gasteiger charge is 2.42. The fraction of sp³-hybridized carbons (Fsp3) is 0.933. The normalized spacial score (nSPS) is 28.4. The summed E-state index contributed by atoms with van der Waals surface area (Å²) >= 11 is 0. The van der Waals surface area contributed by atoms with Crippen LogP contribution in [0.5, 0.6) is 0 Å². The lowest BCUT2D eigenvalue weighted by Gasteiger charge is -2.42. The van der Waals surface area contributed by atoms with E-state index >= 15 is 0 Å². The molecule has 19 heavy (non-hydrogen) atoms. The summed E-state index contributed by atoms with van der Waals surface area (Å²) in [4.78, 5) is 17.6. The molecule has 0 atom stereocenters. The molecule has 2 aliphatic heterocycles. The molecule has 0 aromatic heterocycles. The number of piperazine rings is 1.